The fourth-order valence-corrected chi connectivity index (χ4v) is 1.50. The Morgan fingerprint density at radius 2 is 1.75 bits per heavy atom. The summed E-state index contributed by atoms with van der Waals surface area (Å²) in [5.74, 6) is 1.23. The van der Waals surface area contributed by atoms with Crippen LogP contribution in [0, 0.1) is 11.8 Å². The smallest absolute Gasteiger partial charge is 0.0537 e. The summed E-state index contributed by atoms with van der Waals surface area (Å²) < 4.78 is 0. The molecule has 0 aliphatic heterocycles. The highest BCUT2D eigenvalue weighted by Gasteiger charge is 2.12. The molecule has 0 amide bonds. The number of rotatable bonds is 6. The lowest BCUT2D eigenvalue weighted by molar-refractivity contribution is 0.119. The van der Waals surface area contributed by atoms with Crippen LogP contribution in [0.2, 0.25) is 0 Å². The number of aliphatic hydroxyl groups excluding tert-OH is 1. The fourth-order valence-electron chi connectivity index (χ4n) is 1.50. The van der Waals surface area contributed by atoms with Crippen LogP contribution in [0.15, 0.2) is 0 Å². The van der Waals surface area contributed by atoms with Gasteiger partial charge in [-0.25, -0.2) is 0 Å². The second-order valence-corrected chi connectivity index (χ2v) is 4.20. The van der Waals surface area contributed by atoms with Gasteiger partial charge in [0.15, 0.2) is 0 Å². The van der Waals surface area contributed by atoms with E-state index in [0.29, 0.717) is 5.92 Å². The van der Waals surface area contributed by atoms with Crippen molar-refractivity contribution in [3.8, 4) is 0 Å². The maximum absolute atomic E-state index is 9.30. The van der Waals surface area contributed by atoms with Crippen molar-refractivity contribution in [1.82, 2.24) is 0 Å². The average molecular weight is 172 g/mol. The van der Waals surface area contributed by atoms with Crippen LogP contribution >= 0.6 is 0 Å². The van der Waals surface area contributed by atoms with Crippen LogP contribution in [0.1, 0.15) is 53.4 Å². The fraction of sp³-hybridized carbons (Fsp3) is 1.00. The third-order valence-electron chi connectivity index (χ3n) is 2.65. The lowest BCUT2D eigenvalue weighted by Crippen LogP contribution is -2.15. The minimum Gasteiger partial charge on any atom is -0.393 e. The summed E-state index contributed by atoms with van der Waals surface area (Å²) in [5, 5.41) is 9.30. The Morgan fingerprint density at radius 1 is 1.17 bits per heavy atom. The first-order valence-electron chi connectivity index (χ1n) is 5.26. The van der Waals surface area contributed by atoms with Crippen LogP contribution in [0.25, 0.3) is 0 Å². The van der Waals surface area contributed by atoms with Crippen LogP contribution in [0.4, 0.5) is 0 Å². The van der Waals surface area contributed by atoms with Crippen molar-refractivity contribution in [2.75, 3.05) is 0 Å². The molecule has 0 saturated carbocycles. The van der Waals surface area contributed by atoms with Gasteiger partial charge in [-0.05, 0) is 25.2 Å². The van der Waals surface area contributed by atoms with E-state index in [0.717, 1.165) is 12.3 Å². The van der Waals surface area contributed by atoms with Gasteiger partial charge in [0, 0.05) is 0 Å². The summed E-state index contributed by atoms with van der Waals surface area (Å²) in [6, 6.07) is 0. The molecule has 0 aliphatic rings. The summed E-state index contributed by atoms with van der Waals surface area (Å²) in [6.07, 6.45) is 4.95. The third-order valence-corrected chi connectivity index (χ3v) is 2.65. The molecular weight excluding hydrogens is 148 g/mol. The number of hydrogen-bond acceptors (Lipinski definition) is 1. The Kier molecular flexibility index (Phi) is 6.45. The topological polar surface area (TPSA) is 20.2 Å². The van der Waals surface area contributed by atoms with Crippen molar-refractivity contribution in [3.05, 3.63) is 0 Å². The van der Waals surface area contributed by atoms with E-state index in [1.165, 1.54) is 19.3 Å². The van der Waals surface area contributed by atoms with Crippen LogP contribution in [0.5, 0.6) is 0 Å². The van der Waals surface area contributed by atoms with E-state index in [9.17, 15) is 5.11 Å². The van der Waals surface area contributed by atoms with Crippen molar-refractivity contribution in [2.24, 2.45) is 11.8 Å². The van der Waals surface area contributed by atoms with Gasteiger partial charge in [0.2, 0.25) is 0 Å². The van der Waals surface area contributed by atoms with Gasteiger partial charge in [-0.15, -0.1) is 0 Å². The zero-order chi connectivity index (χ0) is 9.56. The predicted molar refractivity (Wildman–Crippen MR) is 54.2 cm³/mol. The highest BCUT2D eigenvalue weighted by Crippen LogP contribution is 2.19. The number of aliphatic hydroxyl groups is 1. The molecule has 1 N–H and O–H groups in total. The summed E-state index contributed by atoms with van der Waals surface area (Å²) >= 11 is 0. The number of hydrogen-bond donors (Lipinski definition) is 1. The molecule has 0 saturated heterocycles. The predicted octanol–water partition coefficient (Wildman–Crippen LogP) is 3.22. The Labute approximate surface area is 77.2 Å². The lowest BCUT2D eigenvalue weighted by Gasteiger charge is -2.19. The van der Waals surface area contributed by atoms with Crippen molar-refractivity contribution in [2.45, 2.75) is 59.5 Å². The monoisotopic (exact) mass is 172 g/mol. The molecule has 74 valence electrons. The molecule has 0 radical (unpaired) electrons. The van der Waals surface area contributed by atoms with Crippen molar-refractivity contribution in [3.63, 3.8) is 0 Å². The minimum atomic E-state index is -0.144. The van der Waals surface area contributed by atoms with Crippen molar-refractivity contribution in [1.29, 1.82) is 0 Å². The van der Waals surface area contributed by atoms with Gasteiger partial charge < -0.3 is 5.11 Å². The van der Waals surface area contributed by atoms with E-state index in [-0.39, 0.29) is 6.10 Å². The molecule has 0 fully saturated rings. The SMILES string of the molecule is CCCCC(C)CC(C)C(C)O. The molecule has 1 nitrogen and oxygen atoms in total. The Bertz CT molecular complexity index is 99.2. The molecule has 0 spiro atoms. The Morgan fingerprint density at radius 3 is 2.17 bits per heavy atom. The Hall–Kier alpha value is -0.0400. The maximum atomic E-state index is 9.30. The van der Waals surface area contributed by atoms with Crippen molar-refractivity contribution < 1.29 is 5.11 Å². The second kappa shape index (κ2) is 6.47. The number of unbranched alkanes of at least 4 members (excludes halogenated alkanes) is 1. The molecular formula is C11H24O. The molecule has 0 aromatic carbocycles. The maximum Gasteiger partial charge on any atom is 0.0537 e. The molecule has 0 aromatic rings. The van der Waals surface area contributed by atoms with E-state index in [1.54, 1.807) is 0 Å². The summed E-state index contributed by atoms with van der Waals surface area (Å²) in [4.78, 5) is 0. The highest BCUT2D eigenvalue weighted by molar-refractivity contribution is 4.63. The normalized spacial score (nSPS) is 18.8. The molecule has 3 atom stereocenters. The van der Waals surface area contributed by atoms with Gasteiger partial charge in [-0.3, -0.25) is 0 Å². The van der Waals surface area contributed by atoms with Crippen LogP contribution < -0.4 is 0 Å². The molecule has 0 rings (SSSR count). The first-order chi connectivity index (χ1) is 5.57. The third kappa shape index (κ3) is 5.59. The highest BCUT2D eigenvalue weighted by atomic mass is 16.3. The molecule has 0 aromatic heterocycles. The molecule has 12 heavy (non-hydrogen) atoms. The first kappa shape index (κ1) is 12.0. The van der Waals surface area contributed by atoms with E-state index in [1.807, 2.05) is 6.92 Å². The average Bonchev–Trinajstić information content (AvgIpc) is 2.00. The largest absolute Gasteiger partial charge is 0.393 e. The quantitative estimate of drug-likeness (QED) is 0.652. The standard InChI is InChI=1S/C11H24O/c1-5-6-7-9(2)8-10(3)11(4)12/h9-12H,5-8H2,1-4H3. The van der Waals surface area contributed by atoms with Gasteiger partial charge in [-0.2, -0.15) is 0 Å². The van der Waals surface area contributed by atoms with Crippen LogP contribution in [-0.2, 0) is 0 Å². The molecule has 1 heteroatoms. The molecule has 0 heterocycles. The van der Waals surface area contributed by atoms with Gasteiger partial charge in [0.05, 0.1) is 6.10 Å². The van der Waals surface area contributed by atoms with Gasteiger partial charge in [-0.1, -0.05) is 40.0 Å². The van der Waals surface area contributed by atoms with Crippen LogP contribution in [-0.4, -0.2) is 11.2 Å². The summed E-state index contributed by atoms with van der Waals surface area (Å²) in [6.45, 7) is 8.53. The second-order valence-electron chi connectivity index (χ2n) is 4.20. The van der Waals surface area contributed by atoms with Gasteiger partial charge >= 0.3 is 0 Å². The van der Waals surface area contributed by atoms with E-state index in [4.69, 9.17) is 0 Å². The zero-order valence-electron chi connectivity index (χ0n) is 9.01. The molecule has 3 unspecified atom stereocenters. The zero-order valence-corrected chi connectivity index (χ0v) is 9.01. The van der Waals surface area contributed by atoms with E-state index in [2.05, 4.69) is 20.8 Å². The van der Waals surface area contributed by atoms with Gasteiger partial charge in [0.1, 0.15) is 0 Å². The van der Waals surface area contributed by atoms with Crippen molar-refractivity contribution >= 4 is 0 Å². The van der Waals surface area contributed by atoms with Gasteiger partial charge in [0.25, 0.3) is 0 Å². The Balaban J connectivity index is 3.47. The lowest BCUT2D eigenvalue weighted by atomic mass is 9.90. The first-order valence-corrected chi connectivity index (χ1v) is 5.26. The van der Waals surface area contributed by atoms with Crippen LogP contribution in [0.3, 0.4) is 0 Å². The van der Waals surface area contributed by atoms with E-state index >= 15 is 0 Å². The van der Waals surface area contributed by atoms with E-state index < -0.39 is 0 Å². The molecule has 0 bridgehead atoms. The molecule has 0 aliphatic carbocycles. The summed E-state index contributed by atoms with van der Waals surface area (Å²) in [5.41, 5.74) is 0. The summed E-state index contributed by atoms with van der Waals surface area (Å²) in [7, 11) is 0. The minimum absolute atomic E-state index is 0.144.